The van der Waals surface area contributed by atoms with Crippen LogP contribution in [0.15, 0.2) is 24.3 Å². The average molecular weight is 532 g/mol. The summed E-state index contributed by atoms with van der Waals surface area (Å²) in [6.45, 7) is 2.61. The lowest BCUT2D eigenvalue weighted by Crippen LogP contribution is -2.51. The van der Waals surface area contributed by atoms with Gasteiger partial charge in [-0.3, -0.25) is 4.79 Å². The Morgan fingerprint density at radius 2 is 1.95 bits per heavy atom. The molecule has 0 aliphatic carbocycles. The molecule has 2 aromatic rings. The molecule has 0 fully saturated rings. The number of rotatable bonds is 14. The van der Waals surface area contributed by atoms with Gasteiger partial charge in [0.05, 0.1) is 30.9 Å². The molecule has 206 valence electrons. The quantitative estimate of drug-likeness (QED) is 0.263. The first kappa shape index (κ1) is 29.9. The van der Waals surface area contributed by atoms with E-state index in [1.807, 2.05) is 0 Å². The highest BCUT2D eigenvalue weighted by molar-refractivity contribution is 5.85. The molecule has 15 heteroatoms. The second-order valence-corrected chi connectivity index (χ2v) is 8.67. The van der Waals surface area contributed by atoms with E-state index in [9.17, 15) is 22.8 Å². The third-order valence-electron chi connectivity index (χ3n) is 5.02. The van der Waals surface area contributed by atoms with Gasteiger partial charge >= 0.3 is 12.3 Å². The monoisotopic (exact) mass is 531 g/mol. The zero-order valence-corrected chi connectivity index (χ0v) is 20.6. The molecule has 37 heavy (non-hydrogen) atoms. The van der Waals surface area contributed by atoms with Crippen LogP contribution in [0.2, 0.25) is 0 Å². The minimum absolute atomic E-state index is 0.0242. The second-order valence-electron chi connectivity index (χ2n) is 8.67. The summed E-state index contributed by atoms with van der Waals surface area (Å²) in [5.41, 5.74) is 3.70. The lowest BCUT2D eigenvalue weighted by atomic mass is 10.1. The number of hydrogen-bond donors (Lipinski definition) is 4. The summed E-state index contributed by atoms with van der Waals surface area (Å²) in [4.78, 5) is 24.3. The first-order chi connectivity index (χ1) is 17.4. The van der Waals surface area contributed by atoms with Crippen LogP contribution in [-0.4, -0.2) is 69.2 Å². The molecule has 0 aliphatic heterocycles. The number of nitrogens with two attached hydrogens (primary N) is 1. The van der Waals surface area contributed by atoms with Crippen LogP contribution < -0.4 is 16.4 Å². The van der Waals surface area contributed by atoms with E-state index in [1.54, 1.807) is 0 Å². The topological polar surface area (TPSA) is 167 Å². The van der Waals surface area contributed by atoms with E-state index in [-0.39, 0.29) is 44.4 Å². The SMILES string of the molecule is CC(C)(N)C(=O)N[C@H](COCc1ccccc1C(F)(F)F)c1nnnn1CCOC(=O)NCCCCO. The van der Waals surface area contributed by atoms with Crippen LogP contribution in [0.25, 0.3) is 0 Å². The van der Waals surface area contributed by atoms with E-state index in [2.05, 4.69) is 26.2 Å². The number of aromatic nitrogens is 4. The van der Waals surface area contributed by atoms with Crippen LogP contribution in [0.4, 0.5) is 18.0 Å². The lowest BCUT2D eigenvalue weighted by molar-refractivity contribution is -0.138. The van der Waals surface area contributed by atoms with E-state index in [0.717, 1.165) is 6.07 Å². The summed E-state index contributed by atoms with van der Waals surface area (Å²) in [7, 11) is 0. The summed E-state index contributed by atoms with van der Waals surface area (Å²) < 4.78 is 51.7. The Balaban J connectivity index is 2.06. The maximum Gasteiger partial charge on any atom is 0.416 e. The van der Waals surface area contributed by atoms with Gasteiger partial charge in [-0.2, -0.15) is 13.2 Å². The van der Waals surface area contributed by atoms with Crippen LogP contribution in [-0.2, 0) is 33.6 Å². The normalized spacial score (nSPS) is 12.7. The number of benzene rings is 1. The van der Waals surface area contributed by atoms with Gasteiger partial charge in [0, 0.05) is 13.2 Å². The number of tetrazole rings is 1. The molecule has 0 radical (unpaired) electrons. The van der Waals surface area contributed by atoms with Crippen molar-refractivity contribution in [1.82, 2.24) is 30.8 Å². The Labute approximate surface area is 211 Å². The van der Waals surface area contributed by atoms with Gasteiger partial charge in [0.15, 0.2) is 5.82 Å². The van der Waals surface area contributed by atoms with Crippen molar-refractivity contribution in [2.45, 2.75) is 57.6 Å². The van der Waals surface area contributed by atoms with Gasteiger partial charge in [-0.1, -0.05) is 18.2 Å². The van der Waals surface area contributed by atoms with Gasteiger partial charge in [-0.25, -0.2) is 9.48 Å². The number of alkyl carbamates (subject to hydrolysis) is 1. The molecule has 0 bridgehead atoms. The summed E-state index contributed by atoms with van der Waals surface area (Å²) in [6, 6.07) is 4.04. The fourth-order valence-corrected chi connectivity index (χ4v) is 3.06. The number of carbonyl (C=O) groups excluding carboxylic acids is 2. The molecular formula is C22H32F3N7O5. The Morgan fingerprint density at radius 3 is 2.62 bits per heavy atom. The molecule has 0 saturated heterocycles. The van der Waals surface area contributed by atoms with Crippen molar-refractivity contribution >= 4 is 12.0 Å². The van der Waals surface area contributed by atoms with Crippen molar-refractivity contribution in [2.24, 2.45) is 5.73 Å². The first-order valence-electron chi connectivity index (χ1n) is 11.5. The Hall–Kier alpha value is -3.30. The minimum Gasteiger partial charge on any atom is -0.448 e. The van der Waals surface area contributed by atoms with Gasteiger partial charge < -0.3 is 30.9 Å². The largest absolute Gasteiger partial charge is 0.448 e. The van der Waals surface area contributed by atoms with Crippen molar-refractivity contribution in [2.75, 3.05) is 26.4 Å². The molecule has 1 aromatic carbocycles. The molecule has 1 aromatic heterocycles. The maximum atomic E-state index is 13.3. The van der Waals surface area contributed by atoms with E-state index in [4.69, 9.17) is 20.3 Å². The van der Waals surface area contributed by atoms with Crippen molar-refractivity contribution in [3.63, 3.8) is 0 Å². The second kappa shape index (κ2) is 13.9. The molecule has 0 aliphatic rings. The molecular weight excluding hydrogens is 499 g/mol. The van der Waals surface area contributed by atoms with Crippen LogP contribution in [0.1, 0.15) is 49.7 Å². The van der Waals surface area contributed by atoms with Crippen LogP contribution in [0.3, 0.4) is 0 Å². The Kier molecular flexibility index (Phi) is 11.2. The van der Waals surface area contributed by atoms with Gasteiger partial charge in [-0.15, -0.1) is 5.10 Å². The standard InChI is InChI=1S/C22H32F3N7O5/c1-21(2,26)19(34)28-17(14-36-13-15-7-3-4-8-16(15)22(23,24)25)18-29-30-31-32(18)10-12-37-20(35)27-9-5-6-11-33/h3-4,7-8,17,33H,5-6,9-14,26H2,1-2H3,(H,27,35)(H,28,34)/t17-/m1/s1. The van der Waals surface area contributed by atoms with Crippen molar-refractivity contribution in [3.8, 4) is 0 Å². The number of aliphatic hydroxyl groups is 1. The predicted molar refractivity (Wildman–Crippen MR) is 124 cm³/mol. The average Bonchev–Trinajstić information content (AvgIpc) is 3.28. The Morgan fingerprint density at radius 1 is 1.22 bits per heavy atom. The summed E-state index contributed by atoms with van der Waals surface area (Å²) in [6.07, 6.45) is -4.07. The number of hydrogen-bond acceptors (Lipinski definition) is 9. The van der Waals surface area contributed by atoms with E-state index >= 15 is 0 Å². The highest BCUT2D eigenvalue weighted by Crippen LogP contribution is 2.32. The van der Waals surface area contributed by atoms with E-state index in [0.29, 0.717) is 19.4 Å². The van der Waals surface area contributed by atoms with Crippen molar-refractivity contribution in [3.05, 3.63) is 41.2 Å². The number of nitrogens with one attached hydrogen (secondary N) is 2. The lowest BCUT2D eigenvalue weighted by Gasteiger charge is -2.24. The molecule has 0 spiro atoms. The molecule has 1 heterocycles. The third-order valence-corrected chi connectivity index (χ3v) is 5.02. The highest BCUT2D eigenvalue weighted by Gasteiger charge is 2.33. The molecule has 12 nitrogen and oxygen atoms in total. The van der Waals surface area contributed by atoms with Crippen LogP contribution in [0, 0.1) is 0 Å². The molecule has 2 rings (SSSR count). The minimum atomic E-state index is -4.55. The van der Waals surface area contributed by atoms with Gasteiger partial charge in [-0.05, 0) is 48.7 Å². The zero-order valence-electron chi connectivity index (χ0n) is 20.6. The number of ether oxygens (including phenoxy) is 2. The fraction of sp³-hybridized carbons (Fsp3) is 0.591. The fourth-order valence-electron chi connectivity index (χ4n) is 3.06. The summed E-state index contributed by atoms with van der Waals surface area (Å²) in [5, 5.41) is 25.3. The Bertz CT molecular complexity index is 1010. The number of halogens is 3. The van der Waals surface area contributed by atoms with Crippen LogP contribution >= 0.6 is 0 Å². The van der Waals surface area contributed by atoms with E-state index < -0.39 is 35.3 Å². The number of unbranched alkanes of at least 4 members (excludes halogenated alkanes) is 1. The van der Waals surface area contributed by atoms with Gasteiger partial charge in [0.25, 0.3) is 0 Å². The molecule has 2 amide bonds. The third kappa shape index (κ3) is 9.93. The smallest absolute Gasteiger partial charge is 0.416 e. The number of amides is 2. The van der Waals surface area contributed by atoms with Crippen molar-refractivity contribution < 1.29 is 37.3 Å². The molecule has 5 N–H and O–H groups in total. The number of nitrogens with zero attached hydrogens (tertiary/aromatic N) is 4. The summed E-state index contributed by atoms with van der Waals surface area (Å²) in [5.74, 6) is -0.432. The maximum absolute atomic E-state index is 13.3. The number of aliphatic hydroxyl groups excluding tert-OH is 1. The predicted octanol–water partition coefficient (Wildman–Crippen LogP) is 1.30. The van der Waals surface area contributed by atoms with Gasteiger partial charge in [0.1, 0.15) is 12.6 Å². The van der Waals surface area contributed by atoms with Gasteiger partial charge in [0.2, 0.25) is 5.91 Å². The molecule has 0 saturated carbocycles. The van der Waals surface area contributed by atoms with Crippen LogP contribution in [0.5, 0.6) is 0 Å². The summed E-state index contributed by atoms with van der Waals surface area (Å²) >= 11 is 0. The zero-order chi connectivity index (χ0) is 27.5. The molecule has 0 unspecified atom stereocenters. The highest BCUT2D eigenvalue weighted by atomic mass is 19.4. The van der Waals surface area contributed by atoms with E-state index in [1.165, 1.54) is 36.7 Å². The number of alkyl halides is 3. The molecule has 1 atom stereocenters. The first-order valence-corrected chi connectivity index (χ1v) is 11.5. The van der Waals surface area contributed by atoms with Crippen molar-refractivity contribution in [1.29, 1.82) is 0 Å². The number of carbonyl (C=O) groups is 2.